The third-order valence-corrected chi connectivity index (χ3v) is 1.19. The average Bonchev–Trinajstić information content (AvgIpc) is 1.61. The summed E-state index contributed by atoms with van der Waals surface area (Å²) in [6.07, 6.45) is 0. The zero-order valence-corrected chi connectivity index (χ0v) is 6.10. The monoisotopic (exact) mass is 193 g/mol. The summed E-state index contributed by atoms with van der Waals surface area (Å²) in [4.78, 5) is 2.50. The fraction of sp³-hybridized carbons (Fsp3) is 1.00. The summed E-state index contributed by atoms with van der Waals surface area (Å²) in [7, 11) is 1.54. The van der Waals surface area contributed by atoms with Gasteiger partial charge in [-0.3, -0.25) is 0 Å². The van der Waals surface area contributed by atoms with Gasteiger partial charge in [-0.05, 0) is 0 Å². The molecule has 4 nitrogen and oxygen atoms in total. The quantitative estimate of drug-likeness (QED) is 0.271. The minimum absolute atomic E-state index is 1.09. The molecule has 0 spiro atoms. The van der Waals surface area contributed by atoms with Gasteiger partial charge in [-0.15, -0.1) is 0 Å². The van der Waals surface area contributed by atoms with Crippen molar-refractivity contribution in [2.45, 2.75) is 0 Å². The van der Waals surface area contributed by atoms with Gasteiger partial charge >= 0.3 is 45.8 Å². The number of hydrogen-bond acceptors (Lipinski definition) is 2. The van der Waals surface area contributed by atoms with Crippen molar-refractivity contribution in [1.29, 1.82) is 0 Å². The van der Waals surface area contributed by atoms with Crippen molar-refractivity contribution in [2.24, 2.45) is 3.34 Å². The molecule has 2 radical (unpaired) electrons. The molecular weight excluding hydrogens is 189 g/mol. The Labute approximate surface area is 46.2 Å². The Balaban J connectivity index is 2.86. The molecule has 0 aliphatic heterocycles. The Morgan fingerprint density at radius 1 is 2.00 bits per heavy atom. The first-order valence-corrected chi connectivity index (χ1v) is 3.68. The summed E-state index contributed by atoms with van der Waals surface area (Å²) in [5.74, 6) is 0. The van der Waals surface area contributed by atoms with E-state index in [9.17, 15) is 0 Å². The van der Waals surface area contributed by atoms with Crippen LogP contribution in [-0.2, 0) is 3.07 Å². The molecule has 0 aromatic rings. The molecule has 5 heteroatoms. The van der Waals surface area contributed by atoms with Crippen molar-refractivity contribution in [3.8, 4) is 0 Å². The molecule has 0 atom stereocenters. The van der Waals surface area contributed by atoms with Crippen LogP contribution in [0.3, 0.4) is 0 Å². The zero-order chi connectivity index (χ0) is 4.83. The number of nitrogens with zero attached hydrogens (tertiary/aromatic N) is 3. The standard InChI is InChI=1S/CH3O.N3.Sn/c1-2;1-3-2;/h1H3;;/q2*-1;+2. The van der Waals surface area contributed by atoms with E-state index in [0.29, 0.717) is 0 Å². The molecule has 0 aromatic heterocycles. The molecule has 0 aliphatic rings. The molecule has 0 aliphatic carbocycles. The summed E-state index contributed by atoms with van der Waals surface area (Å²) >= 11 is -1.09. The van der Waals surface area contributed by atoms with Crippen molar-refractivity contribution in [3.05, 3.63) is 10.4 Å². The van der Waals surface area contributed by atoms with Gasteiger partial charge in [0.05, 0.1) is 0 Å². The molecule has 0 fully saturated rings. The molecule has 0 rings (SSSR count). The van der Waals surface area contributed by atoms with E-state index >= 15 is 0 Å². The van der Waals surface area contributed by atoms with Crippen LogP contribution in [0.2, 0.25) is 0 Å². The first kappa shape index (κ1) is 6.07. The van der Waals surface area contributed by atoms with Gasteiger partial charge in [0, 0.05) is 0 Å². The van der Waals surface area contributed by atoms with E-state index in [2.05, 4.69) is 11.3 Å². The molecule has 0 N–H and O–H groups in total. The fourth-order valence-electron chi connectivity index (χ4n) is 0.0591. The van der Waals surface area contributed by atoms with E-state index in [4.69, 9.17) is 5.53 Å². The van der Waals surface area contributed by atoms with Crippen LogP contribution in [0.4, 0.5) is 0 Å². The Bertz CT molecular complexity index is 67.2. The molecule has 0 bridgehead atoms. The van der Waals surface area contributed by atoms with Gasteiger partial charge in [0.25, 0.3) is 0 Å². The summed E-state index contributed by atoms with van der Waals surface area (Å²) in [5, 5.41) is 0. The first-order chi connectivity index (χ1) is 2.91. The van der Waals surface area contributed by atoms with E-state index in [1.807, 2.05) is 0 Å². The van der Waals surface area contributed by atoms with Gasteiger partial charge in [0.1, 0.15) is 0 Å². The third kappa shape index (κ3) is 4.07. The second kappa shape index (κ2) is 5.07. The number of rotatable bonds is 2. The van der Waals surface area contributed by atoms with Crippen LogP contribution < -0.4 is 0 Å². The van der Waals surface area contributed by atoms with Crippen LogP contribution in [0.25, 0.3) is 10.4 Å². The summed E-state index contributed by atoms with van der Waals surface area (Å²) < 4.78 is 7.75. The van der Waals surface area contributed by atoms with Crippen molar-refractivity contribution in [1.82, 2.24) is 0 Å². The first-order valence-electron chi connectivity index (χ1n) is 1.24. The maximum absolute atomic E-state index is 7.62. The molecule has 0 saturated carbocycles. The normalized spacial score (nSPS) is 6.83. The molecule has 0 aromatic carbocycles. The van der Waals surface area contributed by atoms with Crippen molar-refractivity contribution >= 4 is 21.8 Å². The predicted octanol–water partition coefficient (Wildman–Crippen LogP) is 0.477. The molecule has 6 heavy (non-hydrogen) atoms. The van der Waals surface area contributed by atoms with Crippen LogP contribution >= 0.6 is 0 Å². The van der Waals surface area contributed by atoms with Gasteiger partial charge in [0.15, 0.2) is 0 Å². The van der Waals surface area contributed by atoms with Crippen LogP contribution in [0.15, 0.2) is 3.34 Å². The van der Waals surface area contributed by atoms with E-state index < -0.39 is 21.8 Å². The Hall–Kier alpha value is 0.0687. The van der Waals surface area contributed by atoms with E-state index in [0.717, 1.165) is 0 Å². The predicted molar refractivity (Wildman–Crippen MR) is 21.9 cm³/mol. The van der Waals surface area contributed by atoms with Crippen LogP contribution in [0.1, 0.15) is 0 Å². The van der Waals surface area contributed by atoms with Gasteiger partial charge in [-0.1, -0.05) is 0 Å². The van der Waals surface area contributed by atoms with Crippen LogP contribution in [0, 0.1) is 0 Å². The summed E-state index contributed by atoms with van der Waals surface area (Å²) in [5.41, 5.74) is 7.62. The molecule has 0 unspecified atom stereocenters. The Morgan fingerprint density at radius 3 is 2.83 bits per heavy atom. The molecule has 0 heterocycles. The van der Waals surface area contributed by atoms with E-state index in [-0.39, 0.29) is 0 Å². The second-order valence-corrected chi connectivity index (χ2v) is 2.74. The minimum atomic E-state index is -1.09. The second-order valence-electron chi connectivity index (χ2n) is 0.485. The topological polar surface area (TPSA) is 58.0 Å². The third-order valence-electron chi connectivity index (χ3n) is 0.177. The zero-order valence-electron chi connectivity index (χ0n) is 3.25. The molecular formula is CH3N3OSn. The Morgan fingerprint density at radius 2 is 2.67 bits per heavy atom. The molecule has 0 amide bonds. The molecule has 0 saturated heterocycles. The maximum atomic E-state index is 7.62. The van der Waals surface area contributed by atoms with Gasteiger partial charge in [-0.25, -0.2) is 0 Å². The fourth-order valence-corrected chi connectivity index (χ4v) is 0.396. The number of hydrogen-bond donors (Lipinski definition) is 0. The average molecular weight is 192 g/mol. The van der Waals surface area contributed by atoms with Crippen LogP contribution in [-0.4, -0.2) is 28.9 Å². The molecule has 32 valence electrons. The van der Waals surface area contributed by atoms with Crippen molar-refractivity contribution in [2.75, 3.05) is 7.11 Å². The van der Waals surface area contributed by atoms with Gasteiger partial charge < -0.3 is 0 Å². The summed E-state index contributed by atoms with van der Waals surface area (Å²) in [6.45, 7) is 0. The van der Waals surface area contributed by atoms with Gasteiger partial charge in [-0.2, -0.15) is 0 Å². The van der Waals surface area contributed by atoms with Crippen LogP contribution in [0.5, 0.6) is 0 Å². The summed E-state index contributed by atoms with van der Waals surface area (Å²) in [6, 6.07) is 0. The van der Waals surface area contributed by atoms with E-state index in [1.54, 1.807) is 7.11 Å². The van der Waals surface area contributed by atoms with Crippen molar-refractivity contribution in [3.63, 3.8) is 0 Å². The Kier molecular flexibility index (Phi) is 5.13. The van der Waals surface area contributed by atoms with Crippen molar-refractivity contribution < 1.29 is 3.07 Å². The van der Waals surface area contributed by atoms with E-state index in [1.165, 1.54) is 0 Å². The van der Waals surface area contributed by atoms with Gasteiger partial charge in [0.2, 0.25) is 0 Å². The number of azide groups is 1. The SMILES string of the molecule is C[O][Sn][N]=[N+]=[N-].